The third-order valence-corrected chi connectivity index (χ3v) is 4.00. The van der Waals surface area contributed by atoms with Gasteiger partial charge < -0.3 is 5.32 Å². The number of benzene rings is 2. The molecule has 1 atom stereocenters. The molecule has 0 heterocycles. The Morgan fingerprint density at radius 3 is 2.43 bits per heavy atom. The lowest BCUT2D eigenvalue weighted by Gasteiger charge is -2.28. The highest BCUT2D eigenvalue weighted by Crippen LogP contribution is 2.41. The first-order chi connectivity index (χ1) is 10.2. The number of carbonyl (C=O) groups is 1. The summed E-state index contributed by atoms with van der Waals surface area (Å²) in [5.74, 6) is 0.428. The Hall–Kier alpha value is -2.35. The van der Waals surface area contributed by atoms with Crippen molar-refractivity contribution in [2.75, 3.05) is 0 Å². The molecule has 0 bridgehead atoms. The van der Waals surface area contributed by atoms with Crippen molar-refractivity contribution in [2.45, 2.75) is 26.2 Å². The molecule has 0 saturated carbocycles. The van der Waals surface area contributed by atoms with Gasteiger partial charge in [0, 0.05) is 12.5 Å². The van der Waals surface area contributed by atoms with Gasteiger partial charge in [0.05, 0.1) is 5.70 Å². The quantitative estimate of drug-likeness (QED) is 0.875. The molecule has 2 heteroatoms. The average Bonchev–Trinajstić information content (AvgIpc) is 2.50. The van der Waals surface area contributed by atoms with Crippen LogP contribution >= 0.6 is 0 Å². The topological polar surface area (TPSA) is 29.1 Å². The van der Waals surface area contributed by atoms with E-state index in [2.05, 4.69) is 42.6 Å². The van der Waals surface area contributed by atoms with Gasteiger partial charge in [-0.3, -0.25) is 4.79 Å². The van der Waals surface area contributed by atoms with Crippen LogP contribution in [0.1, 0.15) is 42.9 Å². The zero-order chi connectivity index (χ0) is 14.8. The Morgan fingerprint density at radius 1 is 1.05 bits per heavy atom. The van der Waals surface area contributed by atoms with E-state index in [9.17, 15) is 4.79 Å². The predicted octanol–water partition coefficient (Wildman–Crippen LogP) is 4.20. The molecule has 1 amide bonds. The van der Waals surface area contributed by atoms with Gasteiger partial charge in [-0.05, 0) is 29.0 Å². The van der Waals surface area contributed by atoms with Gasteiger partial charge in [-0.2, -0.15) is 0 Å². The maximum absolute atomic E-state index is 11.6. The molecule has 0 radical (unpaired) electrons. The van der Waals surface area contributed by atoms with Crippen molar-refractivity contribution in [3.05, 3.63) is 71.3 Å². The molecule has 0 aromatic heterocycles. The second-order valence-electron chi connectivity index (χ2n) is 5.59. The van der Waals surface area contributed by atoms with E-state index < -0.39 is 0 Å². The number of amides is 1. The van der Waals surface area contributed by atoms with E-state index in [-0.39, 0.29) is 5.91 Å². The van der Waals surface area contributed by atoms with E-state index in [1.54, 1.807) is 6.92 Å². The Morgan fingerprint density at radius 2 is 1.71 bits per heavy atom. The Balaban J connectivity index is 2.21. The number of carbonyl (C=O) groups excluding carboxylic acids is 1. The van der Waals surface area contributed by atoms with E-state index in [1.807, 2.05) is 24.3 Å². The van der Waals surface area contributed by atoms with Gasteiger partial charge in [-0.1, -0.05) is 61.5 Å². The molecule has 0 fully saturated rings. The Labute approximate surface area is 125 Å². The first-order valence-corrected chi connectivity index (χ1v) is 7.32. The minimum atomic E-state index is -0.0252. The number of fused-ring (bicyclic) bond motifs is 1. The molecule has 3 rings (SSSR count). The SMILES string of the molecule is CC(=O)NC1=C(c2ccccc2)CC(C)c2ccccc21. The van der Waals surface area contributed by atoms with E-state index in [0.29, 0.717) is 5.92 Å². The van der Waals surface area contributed by atoms with Crippen molar-refractivity contribution in [3.63, 3.8) is 0 Å². The zero-order valence-electron chi connectivity index (χ0n) is 12.4. The Kier molecular flexibility index (Phi) is 3.61. The van der Waals surface area contributed by atoms with Gasteiger partial charge in [0.2, 0.25) is 5.91 Å². The van der Waals surface area contributed by atoms with Gasteiger partial charge in [0.25, 0.3) is 0 Å². The molecule has 2 nitrogen and oxygen atoms in total. The van der Waals surface area contributed by atoms with E-state index in [0.717, 1.165) is 17.7 Å². The smallest absolute Gasteiger partial charge is 0.221 e. The highest BCUT2D eigenvalue weighted by molar-refractivity contribution is 5.99. The monoisotopic (exact) mass is 277 g/mol. The normalized spacial score (nSPS) is 17.3. The molecule has 1 N–H and O–H groups in total. The molecule has 1 unspecified atom stereocenters. The van der Waals surface area contributed by atoms with E-state index >= 15 is 0 Å². The lowest BCUT2D eigenvalue weighted by atomic mass is 9.80. The molecule has 106 valence electrons. The van der Waals surface area contributed by atoms with Gasteiger partial charge in [0.15, 0.2) is 0 Å². The van der Waals surface area contributed by atoms with Gasteiger partial charge in [-0.25, -0.2) is 0 Å². The molecule has 2 aromatic carbocycles. The van der Waals surface area contributed by atoms with Crippen LogP contribution in [0.3, 0.4) is 0 Å². The predicted molar refractivity (Wildman–Crippen MR) is 86.5 cm³/mol. The summed E-state index contributed by atoms with van der Waals surface area (Å²) < 4.78 is 0. The molecule has 1 aliphatic carbocycles. The van der Waals surface area contributed by atoms with Crippen LogP contribution in [0.25, 0.3) is 11.3 Å². The lowest BCUT2D eigenvalue weighted by molar-refractivity contribution is -0.117. The van der Waals surface area contributed by atoms with Crippen LogP contribution in [-0.2, 0) is 4.79 Å². The van der Waals surface area contributed by atoms with Crippen molar-refractivity contribution < 1.29 is 4.79 Å². The fraction of sp³-hybridized carbons (Fsp3) is 0.211. The molecule has 2 aromatic rings. The van der Waals surface area contributed by atoms with Crippen molar-refractivity contribution in [3.8, 4) is 0 Å². The van der Waals surface area contributed by atoms with Crippen LogP contribution in [0.2, 0.25) is 0 Å². The van der Waals surface area contributed by atoms with E-state index in [1.165, 1.54) is 16.7 Å². The first kappa shape index (κ1) is 13.6. The minimum Gasteiger partial charge on any atom is -0.326 e. The molecule has 21 heavy (non-hydrogen) atoms. The lowest BCUT2D eigenvalue weighted by Crippen LogP contribution is -2.23. The largest absolute Gasteiger partial charge is 0.326 e. The minimum absolute atomic E-state index is 0.0252. The number of hydrogen-bond acceptors (Lipinski definition) is 1. The van der Waals surface area contributed by atoms with E-state index in [4.69, 9.17) is 0 Å². The summed E-state index contributed by atoms with van der Waals surface area (Å²) in [6.45, 7) is 3.81. The van der Waals surface area contributed by atoms with Crippen LogP contribution in [0, 0.1) is 0 Å². The maximum Gasteiger partial charge on any atom is 0.221 e. The second kappa shape index (κ2) is 5.57. The van der Waals surface area contributed by atoms with Crippen LogP contribution in [0.15, 0.2) is 54.6 Å². The van der Waals surface area contributed by atoms with Crippen molar-refractivity contribution in [1.82, 2.24) is 5.32 Å². The van der Waals surface area contributed by atoms with Crippen molar-refractivity contribution >= 4 is 17.2 Å². The second-order valence-corrected chi connectivity index (χ2v) is 5.59. The average molecular weight is 277 g/mol. The zero-order valence-corrected chi connectivity index (χ0v) is 12.4. The molecular weight excluding hydrogens is 258 g/mol. The van der Waals surface area contributed by atoms with Crippen LogP contribution in [-0.4, -0.2) is 5.91 Å². The molecule has 0 spiro atoms. The summed E-state index contributed by atoms with van der Waals surface area (Å²) in [4.78, 5) is 11.6. The Bertz CT molecular complexity index is 701. The van der Waals surface area contributed by atoms with Gasteiger partial charge >= 0.3 is 0 Å². The van der Waals surface area contributed by atoms with Crippen LogP contribution in [0.5, 0.6) is 0 Å². The summed E-state index contributed by atoms with van der Waals surface area (Å²) in [5.41, 5.74) is 5.81. The van der Waals surface area contributed by atoms with Gasteiger partial charge in [0.1, 0.15) is 0 Å². The summed E-state index contributed by atoms with van der Waals surface area (Å²) in [6, 6.07) is 18.7. The molecule has 0 saturated heterocycles. The summed E-state index contributed by atoms with van der Waals surface area (Å²) in [7, 11) is 0. The highest BCUT2D eigenvalue weighted by atomic mass is 16.1. The fourth-order valence-corrected chi connectivity index (χ4v) is 3.06. The van der Waals surface area contributed by atoms with Crippen LogP contribution < -0.4 is 5.32 Å². The maximum atomic E-state index is 11.6. The summed E-state index contributed by atoms with van der Waals surface area (Å²) in [5, 5.41) is 3.05. The molecule has 0 aliphatic heterocycles. The number of rotatable bonds is 2. The van der Waals surface area contributed by atoms with Crippen LogP contribution in [0.4, 0.5) is 0 Å². The van der Waals surface area contributed by atoms with Gasteiger partial charge in [-0.15, -0.1) is 0 Å². The summed E-state index contributed by atoms with van der Waals surface area (Å²) >= 11 is 0. The highest BCUT2D eigenvalue weighted by Gasteiger charge is 2.25. The standard InChI is InChI=1S/C19H19NO/c1-13-12-18(15-8-4-3-5-9-15)19(20-14(2)21)17-11-7-6-10-16(13)17/h3-11,13H,12H2,1-2H3,(H,20,21). The number of hydrogen-bond donors (Lipinski definition) is 1. The fourth-order valence-electron chi connectivity index (χ4n) is 3.06. The molecule has 1 aliphatic rings. The third-order valence-electron chi connectivity index (χ3n) is 4.00. The third kappa shape index (κ3) is 2.62. The summed E-state index contributed by atoms with van der Waals surface area (Å²) in [6.07, 6.45) is 0.941. The number of nitrogens with one attached hydrogen (secondary N) is 1. The number of allylic oxidation sites excluding steroid dienone is 1. The molecular formula is C19H19NO. The first-order valence-electron chi connectivity index (χ1n) is 7.32. The van der Waals surface area contributed by atoms with Crippen molar-refractivity contribution in [2.24, 2.45) is 0 Å². The van der Waals surface area contributed by atoms with Crippen molar-refractivity contribution in [1.29, 1.82) is 0 Å².